The van der Waals surface area contributed by atoms with Gasteiger partial charge in [0.25, 0.3) is 0 Å². The molecule has 1 rings (SSSR count). The molecule has 0 radical (unpaired) electrons. The maximum absolute atomic E-state index is 12.2. The fourth-order valence-corrected chi connectivity index (χ4v) is 3.21. The van der Waals surface area contributed by atoms with Crippen LogP contribution in [0.2, 0.25) is 5.02 Å². The molecule has 122 valence electrons. The van der Waals surface area contributed by atoms with Crippen molar-refractivity contribution in [2.75, 3.05) is 0 Å². The van der Waals surface area contributed by atoms with Gasteiger partial charge in [-0.3, -0.25) is 0 Å². The first-order valence-electron chi connectivity index (χ1n) is 6.34. The van der Waals surface area contributed by atoms with E-state index in [0.29, 0.717) is 6.42 Å². The quantitative estimate of drug-likeness (QED) is 0.684. The van der Waals surface area contributed by atoms with Crippen molar-refractivity contribution in [1.29, 1.82) is 0 Å². The molecule has 0 aliphatic heterocycles. The summed E-state index contributed by atoms with van der Waals surface area (Å²) in [6, 6.07) is 1.53. The van der Waals surface area contributed by atoms with Crippen LogP contribution in [0.3, 0.4) is 0 Å². The Hall–Kier alpha value is -1.64. The molecule has 0 fully saturated rings. The summed E-state index contributed by atoms with van der Waals surface area (Å²) in [5.41, 5.74) is -0.502. The van der Waals surface area contributed by atoms with E-state index in [1.54, 1.807) is 13.8 Å². The summed E-state index contributed by atoms with van der Waals surface area (Å²) >= 11 is 5.63. The summed E-state index contributed by atoms with van der Waals surface area (Å²) in [5.74, 6) is -3.71. The molecule has 7 nitrogen and oxygen atoms in total. The fraction of sp³-hybridized carbons (Fsp3) is 0.385. The highest BCUT2D eigenvalue weighted by Gasteiger charge is 2.25. The number of carbonyl (C=O) groups is 2. The average molecular weight is 348 g/mol. The monoisotopic (exact) mass is 347 g/mol. The molecule has 0 bridgehead atoms. The van der Waals surface area contributed by atoms with Crippen LogP contribution in [0, 0.1) is 5.92 Å². The molecule has 1 aromatic carbocycles. The maximum atomic E-state index is 12.2. The first-order valence-corrected chi connectivity index (χ1v) is 8.20. The summed E-state index contributed by atoms with van der Waals surface area (Å²) in [5, 5.41) is 21.8. The van der Waals surface area contributed by atoms with Gasteiger partial charge in [-0.05, 0) is 24.1 Å². The third kappa shape index (κ3) is 4.19. The van der Waals surface area contributed by atoms with E-state index in [9.17, 15) is 28.2 Å². The van der Waals surface area contributed by atoms with Gasteiger partial charge in [-0.2, -0.15) is 0 Å². The molecular weight excluding hydrogens is 334 g/mol. The van der Waals surface area contributed by atoms with Crippen molar-refractivity contribution in [2.24, 2.45) is 5.92 Å². The van der Waals surface area contributed by atoms with E-state index >= 15 is 0 Å². The standard InChI is InChI=1S/C13H16ClNO6S/c1-3-7(2)11(13(18)19)15-22(20,21)8-4-5-10(14)9(6-8)12(16)17/h4-7,11,15H,3H2,1-2H3,(H,16,17)(H,18,19)/p-2/t7-,11+/m0/s1. The molecule has 0 amide bonds. The molecule has 0 heterocycles. The summed E-state index contributed by atoms with van der Waals surface area (Å²) in [7, 11) is -4.25. The molecule has 0 aromatic heterocycles. The van der Waals surface area contributed by atoms with Crippen molar-refractivity contribution in [3.8, 4) is 0 Å². The molecule has 0 aliphatic carbocycles. The predicted molar refractivity (Wildman–Crippen MR) is 74.4 cm³/mol. The minimum atomic E-state index is -4.25. The Bertz CT molecular complexity index is 688. The van der Waals surface area contributed by atoms with E-state index in [-0.39, 0.29) is 5.02 Å². The molecular formula is C13H14ClNO6S-2. The Morgan fingerprint density at radius 2 is 1.91 bits per heavy atom. The van der Waals surface area contributed by atoms with Gasteiger partial charge in [0.1, 0.15) is 0 Å². The second-order valence-electron chi connectivity index (χ2n) is 4.73. The van der Waals surface area contributed by atoms with Crippen LogP contribution in [0.15, 0.2) is 23.1 Å². The number of halogens is 1. The maximum Gasteiger partial charge on any atom is 0.241 e. The van der Waals surface area contributed by atoms with Gasteiger partial charge >= 0.3 is 0 Å². The van der Waals surface area contributed by atoms with Gasteiger partial charge < -0.3 is 19.8 Å². The van der Waals surface area contributed by atoms with E-state index < -0.39 is 44.4 Å². The van der Waals surface area contributed by atoms with E-state index in [1.165, 1.54) is 0 Å². The van der Waals surface area contributed by atoms with E-state index in [1.807, 2.05) is 4.72 Å². The predicted octanol–water partition coefficient (Wildman–Crippen LogP) is -0.854. The zero-order valence-corrected chi connectivity index (χ0v) is 13.4. The van der Waals surface area contributed by atoms with Gasteiger partial charge in [-0.15, -0.1) is 0 Å². The van der Waals surface area contributed by atoms with Crippen molar-refractivity contribution < 1.29 is 28.2 Å². The van der Waals surface area contributed by atoms with E-state index in [2.05, 4.69) is 0 Å². The van der Waals surface area contributed by atoms with Gasteiger partial charge in [-0.25, -0.2) is 13.1 Å². The van der Waals surface area contributed by atoms with Crippen LogP contribution in [0.5, 0.6) is 0 Å². The molecule has 2 atom stereocenters. The Morgan fingerprint density at radius 3 is 2.36 bits per heavy atom. The van der Waals surface area contributed by atoms with Crippen molar-refractivity contribution in [3.63, 3.8) is 0 Å². The Morgan fingerprint density at radius 1 is 1.32 bits per heavy atom. The lowest BCUT2D eigenvalue weighted by molar-refractivity contribution is -0.309. The lowest BCUT2D eigenvalue weighted by atomic mass is 10.0. The van der Waals surface area contributed by atoms with Crippen LogP contribution in [0.1, 0.15) is 30.6 Å². The van der Waals surface area contributed by atoms with Gasteiger partial charge in [0.15, 0.2) is 0 Å². The number of aliphatic carboxylic acids is 1. The Labute approximate surface area is 133 Å². The Balaban J connectivity index is 3.21. The molecule has 0 aliphatic rings. The van der Waals surface area contributed by atoms with Crippen LogP contribution in [-0.4, -0.2) is 26.4 Å². The van der Waals surface area contributed by atoms with Gasteiger partial charge in [0.05, 0.1) is 22.9 Å². The third-order valence-corrected chi connectivity index (χ3v) is 4.99. The SMILES string of the molecule is CC[C@H](C)[C@@H](NS(=O)(=O)c1ccc(Cl)c(C(=O)[O-])c1)C(=O)[O-]. The van der Waals surface area contributed by atoms with Crippen LogP contribution < -0.4 is 14.9 Å². The summed E-state index contributed by atoms with van der Waals surface area (Å²) < 4.78 is 26.4. The fourth-order valence-electron chi connectivity index (χ4n) is 1.70. The van der Waals surface area contributed by atoms with Crippen molar-refractivity contribution in [1.82, 2.24) is 4.72 Å². The third-order valence-electron chi connectivity index (χ3n) is 3.22. The van der Waals surface area contributed by atoms with Crippen LogP contribution in [-0.2, 0) is 14.8 Å². The zero-order valence-electron chi connectivity index (χ0n) is 11.8. The number of carboxylic acids is 2. The number of hydrogen-bond acceptors (Lipinski definition) is 6. The second kappa shape index (κ2) is 7.08. The van der Waals surface area contributed by atoms with Crippen LogP contribution >= 0.6 is 11.6 Å². The van der Waals surface area contributed by atoms with E-state index in [0.717, 1.165) is 18.2 Å². The van der Waals surface area contributed by atoms with Gasteiger partial charge in [0.2, 0.25) is 10.0 Å². The molecule has 22 heavy (non-hydrogen) atoms. The molecule has 0 unspecified atom stereocenters. The highest BCUT2D eigenvalue weighted by atomic mass is 35.5. The average Bonchev–Trinajstić information content (AvgIpc) is 2.43. The molecule has 0 saturated carbocycles. The normalized spacial score (nSPS) is 14.3. The number of rotatable bonds is 7. The number of sulfonamides is 1. The Kier molecular flexibility index (Phi) is 5.92. The van der Waals surface area contributed by atoms with Gasteiger partial charge in [0, 0.05) is 10.6 Å². The summed E-state index contributed by atoms with van der Waals surface area (Å²) in [6.07, 6.45) is 0.409. The minimum absolute atomic E-state index is 0.183. The lowest BCUT2D eigenvalue weighted by Crippen LogP contribution is -2.51. The molecule has 1 aromatic rings. The minimum Gasteiger partial charge on any atom is -0.548 e. The number of nitrogens with one attached hydrogen (secondary N) is 1. The van der Waals surface area contributed by atoms with Crippen molar-refractivity contribution >= 4 is 33.6 Å². The number of carboxylic acid groups (broad SMARTS) is 2. The number of hydrogen-bond donors (Lipinski definition) is 1. The molecule has 0 saturated heterocycles. The number of benzene rings is 1. The molecule has 9 heteroatoms. The second-order valence-corrected chi connectivity index (χ2v) is 6.85. The van der Waals surface area contributed by atoms with Gasteiger partial charge in [-0.1, -0.05) is 31.9 Å². The first kappa shape index (κ1) is 18.4. The van der Waals surface area contributed by atoms with E-state index in [4.69, 9.17) is 11.6 Å². The first-order chi connectivity index (χ1) is 10.1. The highest BCUT2D eigenvalue weighted by molar-refractivity contribution is 7.89. The number of carbonyl (C=O) groups excluding carboxylic acids is 2. The smallest absolute Gasteiger partial charge is 0.241 e. The highest BCUT2D eigenvalue weighted by Crippen LogP contribution is 2.21. The number of aromatic carboxylic acids is 1. The van der Waals surface area contributed by atoms with Crippen LogP contribution in [0.4, 0.5) is 0 Å². The zero-order chi connectivity index (χ0) is 17.1. The topological polar surface area (TPSA) is 126 Å². The van der Waals surface area contributed by atoms with Crippen LogP contribution in [0.25, 0.3) is 0 Å². The summed E-state index contributed by atoms with van der Waals surface area (Å²) in [6.45, 7) is 3.25. The molecule has 0 spiro atoms. The molecule has 1 N–H and O–H groups in total. The van der Waals surface area contributed by atoms with Crippen molar-refractivity contribution in [3.05, 3.63) is 28.8 Å². The lowest BCUT2D eigenvalue weighted by Gasteiger charge is -2.25. The largest absolute Gasteiger partial charge is 0.548 e. The van der Waals surface area contributed by atoms with Crippen molar-refractivity contribution in [2.45, 2.75) is 31.2 Å². The summed E-state index contributed by atoms with van der Waals surface area (Å²) in [4.78, 5) is 21.5.